The Balaban J connectivity index is 1.84. The number of carbonyl (C=O) groups is 2. The Hall–Kier alpha value is -0.910. The van der Waals surface area contributed by atoms with Crippen molar-refractivity contribution in [1.82, 2.24) is 10.2 Å². The van der Waals surface area contributed by atoms with Crippen LogP contribution in [-0.4, -0.2) is 41.7 Å². The first-order valence-corrected chi connectivity index (χ1v) is 7.29. The zero-order valence-electron chi connectivity index (χ0n) is 11.4. The lowest BCUT2D eigenvalue weighted by atomic mass is 9.75. The molecule has 1 aliphatic carbocycles. The number of halogens is 3. The summed E-state index contributed by atoms with van der Waals surface area (Å²) in [6.45, 7) is 3.11. The smallest absolute Gasteiger partial charge is 0.341 e. The standard InChI is InChI=1S/C13H19ClF2N2O2/c1-8-3-2-4-9-6-18(7-10(8)9)11(19)5-17-12(20)13(14,15)16/h8-10H,2-7H2,1H3,(H,17,20)/t8-,9?,10?/m1/s1. The van der Waals surface area contributed by atoms with Crippen LogP contribution in [0.25, 0.3) is 0 Å². The third kappa shape index (κ3) is 3.40. The number of likely N-dealkylation sites (tertiary alicyclic amines) is 1. The molecule has 114 valence electrons. The normalized spacial score (nSPS) is 30.0. The molecule has 1 saturated heterocycles. The van der Waals surface area contributed by atoms with E-state index in [9.17, 15) is 18.4 Å². The molecular weight excluding hydrogens is 290 g/mol. The van der Waals surface area contributed by atoms with Crippen LogP contribution in [0.2, 0.25) is 0 Å². The molecule has 0 aromatic rings. The first-order valence-electron chi connectivity index (χ1n) is 6.92. The molecule has 4 nitrogen and oxygen atoms in total. The summed E-state index contributed by atoms with van der Waals surface area (Å²) in [4.78, 5) is 24.5. The number of hydrogen-bond donors (Lipinski definition) is 1. The number of amides is 2. The maximum Gasteiger partial charge on any atom is 0.399 e. The number of nitrogens with one attached hydrogen (secondary N) is 1. The highest BCUT2D eigenvalue weighted by Crippen LogP contribution is 2.39. The van der Waals surface area contributed by atoms with Gasteiger partial charge in [-0.05, 0) is 35.8 Å². The molecule has 1 aliphatic heterocycles. The fraction of sp³-hybridized carbons (Fsp3) is 0.846. The summed E-state index contributed by atoms with van der Waals surface area (Å²) in [5, 5.41) is -2.08. The SMILES string of the molecule is C[C@@H]1CCCC2CN(C(=O)CNC(=O)C(F)(F)Cl)CC21. The molecule has 2 rings (SSSR count). The van der Waals surface area contributed by atoms with Crippen LogP contribution in [-0.2, 0) is 9.59 Å². The van der Waals surface area contributed by atoms with Gasteiger partial charge in [0.2, 0.25) is 5.91 Å². The quantitative estimate of drug-likeness (QED) is 0.809. The average molecular weight is 309 g/mol. The summed E-state index contributed by atoms with van der Waals surface area (Å²) in [6, 6.07) is 0. The summed E-state index contributed by atoms with van der Waals surface area (Å²) < 4.78 is 24.9. The minimum atomic E-state index is -3.96. The van der Waals surface area contributed by atoms with Gasteiger partial charge in [0.15, 0.2) is 0 Å². The van der Waals surface area contributed by atoms with Gasteiger partial charge >= 0.3 is 11.3 Å². The minimum Gasteiger partial charge on any atom is -0.341 e. The lowest BCUT2D eigenvalue weighted by Gasteiger charge is -2.29. The monoisotopic (exact) mass is 308 g/mol. The maximum atomic E-state index is 12.5. The molecule has 0 aromatic heterocycles. The van der Waals surface area contributed by atoms with Crippen LogP contribution in [0.3, 0.4) is 0 Å². The largest absolute Gasteiger partial charge is 0.399 e. The molecule has 2 fully saturated rings. The van der Waals surface area contributed by atoms with E-state index in [0.717, 1.165) is 6.42 Å². The van der Waals surface area contributed by atoms with E-state index >= 15 is 0 Å². The molecule has 2 aliphatic rings. The van der Waals surface area contributed by atoms with E-state index in [1.807, 2.05) is 5.32 Å². The van der Waals surface area contributed by atoms with Crippen molar-refractivity contribution in [2.75, 3.05) is 19.6 Å². The topological polar surface area (TPSA) is 49.4 Å². The summed E-state index contributed by atoms with van der Waals surface area (Å²) in [5.74, 6) is -0.350. The fourth-order valence-electron chi connectivity index (χ4n) is 3.33. The van der Waals surface area contributed by atoms with Gasteiger partial charge in [-0.2, -0.15) is 8.78 Å². The van der Waals surface area contributed by atoms with Crippen molar-refractivity contribution >= 4 is 23.4 Å². The fourth-order valence-corrected chi connectivity index (χ4v) is 3.40. The Morgan fingerprint density at radius 1 is 1.35 bits per heavy atom. The highest BCUT2D eigenvalue weighted by atomic mass is 35.5. The zero-order valence-corrected chi connectivity index (χ0v) is 12.1. The average Bonchev–Trinajstić information content (AvgIpc) is 2.79. The Kier molecular flexibility index (Phi) is 4.52. The van der Waals surface area contributed by atoms with Gasteiger partial charge in [-0.1, -0.05) is 19.8 Å². The highest BCUT2D eigenvalue weighted by molar-refractivity contribution is 6.32. The van der Waals surface area contributed by atoms with Crippen molar-refractivity contribution in [3.8, 4) is 0 Å². The van der Waals surface area contributed by atoms with Gasteiger partial charge in [0, 0.05) is 13.1 Å². The van der Waals surface area contributed by atoms with Gasteiger partial charge in [0.25, 0.3) is 0 Å². The number of alkyl halides is 3. The summed E-state index contributed by atoms with van der Waals surface area (Å²) >= 11 is 4.58. The first kappa shape index (κ1) is 15.5. The van der Waals surface area contributed by atoms with E-state index in [1.54, 1.807) is 4.90 Å². The molecule has 2 amide bonds. The van der Waals surface area contributed by atoms with Crippen molar-refractivity contribution in [2.45, 2.75) is 31.6 Å². The van der Waals surface area contributed by atoms with Gasteiger partial charge in [0.1, 0.15) is 0 Å². The first-order chi connectivity index (χ1) is 9.29. The minimum absolute atomic E-state index is 0.319. The van der Waals surface area contributed by atoms with Gasteiger partial charge < -0.3 is 10.2 Å². The van der Waals surface area contributed by atoms with E-state index in [-0.39, 0.29) is 5.91 Å². The molecule has 0 bridgehead atoms. The Morgan fingerprint density at radius 2 is 2.05 bits per heavy atom. The highest BCUT2D eigenvalue weighted by Gasteiger charge is 2.40. The second-order valence-corrected chi connectivity index (χ2v) is 6.29. The lowest BCUT2D eigenvalue weighted by molar-refractivity contribution is -0.139. The van der Waals surface area contributed by atoms with Gasteiger partial charge in [-0.3, -0.25) is 9.59 Å². The van der Waals surface area contributed by atoms with Crippen LogP contribution >= 0.6 is 11.6 Å². The van der Waals surface area contributed by atoms with Crippen molar-refractivity contribution in [3.63, 3.8) is 0 Å². The van der Waals surface area contributed by atoms with Crippen LogP contribution in [0.5, 0.6) is 0 Å². The summed E-state index contributed by atoms with van der Waals surface area (Å²) in [7, 11) is 0. The number of rotatable bonds is 3. The van der Waals surface area contributed by atoms with E-state index in [4.69, 9.17) is 0 Å². The molecule has 3 atom stereocenters. The number of fused-ring (bicyclic) bond motifs is 1. The third-order valence-electron chi connectivity index (χ3n) is 4.47. The predicted molar refractivity (Wildman–Crippen MR) is 70.4 cm³/mol. The molecule has 20 heavy (non-hydrogen) atoms. The van der Waals surface area contributed by atoms with Gasteiger partial charge in [0.05, 0.1) is 6.54 Å². The van der Waals surface area contributed by atoms with E-state index < -0.39 is 17.8 Å². The molecule has 2 unspecified atom stereocenters. The molecular formula is C13H19ClF2N2O2. The molecule has 0 aromatic carbocycles. The molecule has 1 N–H and O–H groups in total. The van der Waals surface area contributed by atoms with Crippen LogP contribution in [0.4, 0.5) is 8.78 Å². The number of hydrogen-bond acceptors (Lipinski definition) is 2. The Morgan fingerprint density at radius 3 is 2.65 bits per heavy atom. The van der Waals surface area contributed by atoms with Crippen molar-refractivity contribution in [3.05, 3.63) is 0 Å². The number of carbonyl (C=O) groups excluding carboxylic acids is 2. The van der Waals surface area contributed by atoms with Crippen LogP contribution in [0.1, 0.15) is 26.2 Å². The van der Waals surface area contributed by atoms with Crippen molar-refractivity contribution in [2.24, 2.45) is 17.8 Å². The third-order valence-corrected chi connectivity index (χ3v) is 4.64. The lowest BCUT2D eigenvalue weighted by Crippen LogP contribution is -2.43. The number of nitrogens with zero attached hydrogens (tertiary/aromatic N) is 1. The molecule has 1 heterocycles. The summed E-state index contributed by atoms with van der Waals surface area (Å²) in [6.07, 6.45) is 3.48. The summed E-state index contributed by atoms with van der Waals surface area (Å²) in [5.41, 5.74) is 0. The molecule has 0 radical (unpaired) electrons. The van der Waals surface area contributed by atoms with E-state index in [2.05, 4.69) is 18.5 Å². The Labute approximate surface area is 121 Å². The second kappa shape index (κ2) is 5.84. The Bertz CT molecular complexity index is 400. The second-order valence-electron chi connectivity index (χ2n) is 5.81. The van der Waals surface area contributed by atoms with Crippen LogP contribution < -0.4 is 5.32 Å². The van der Waals surface area contributed by atoms with Crippen LogP contribution in [0.15, 0.2) is 0 Å². The predicted octanol–water partition coefficient (Wildman–Crippen LogP) is 1.83. The zero-order chi connectivity index (χ0) is 14.9. The van der Waals surface area contributed by atoms with E-state index in [0.29, 0.717) is 30.8 Å². The van der Waals surface area contributed by atoms with Gasteiger partial charge in [-0.25, -0.2) is 0 Å². The van der Waals surface area contributed by atoms with Crippen molar-refractivity contribution in [1.29, 1.82) is 0 Å². The van der Waals surface area contributed by atoms with Gasteiger partial charge in [-0.15, -0.1) is 0 Å². The van der Waals surface area contributed by atoms with Crippen molar-refractivity contribution < 1.29 is 18.4 Å². The molecule has 7 heteroatoms. The van der Waals surface area contributed by atoms with E-state index in [1.165, 1.54) is 12.8 Å². The molecule has 0 spiro atoms. The van der Waals surface area contributed by atoms with Crippen LogP contribution in [0, 0.1) is 17.8 Å². The maximum absolute atomic E-state index is 12.5. The molecule has 1 saturated carbocycles.